The van der Waals surface area contributed by atoms with E-state index in [1.165, 1.54) is 12.8 Å². The lowest BCUT2D eigenvalue weighted by Crippen LogP contribution is -2.47. The van der Waals surface area contributed by atoms with Gasteiger partial charge in [0.2, 0.25) is 0 Å². The van der Waals surface area contributed by atoms with Gasteiger partial charge in [0.05, 0.1) is 0 Å². The fourth-order valence-corrected chi connectivity index (χ4v) is 4.79. The van der Waals surface area contributed by atoms with Crippen LogP contribution in [0.15, 0.2) is 4.52 Å². The smallest absolute Gasteiger partial charge is 0.204 e. The summed E-state index contributed by atoms with van der Waals surface area (Å²) in [6.07, 6.45) is 10.2. The normalized spacial score (nSPS) is 23.2. The largest absolute Gasteiger partial charge is 0.303 e. The molecule has 0 saturated heterocycles. The van der Waals surface area contributed by atoms with Gasteiger partial charge in [0.1, 0.15) is 0 Å². The second kappa shape index (κ2) is 6.59. The van der Waals surface area contributed by atoms with Gasteiger partial charge in [-0.2, -0.15) is 4.31 Å². The first-order chi connectivity index (χ1) is 9.15. The molecule has 2 fully saturated rings. The summed E-state index contributed by atoms with van der Waals surface area (Å²) in [6, 6.07) is 0.0692. The molecule has 0 unspecified atom stereocenters. The number of azide groups is 1. The topological polar surface area (TPSA) is 86.1 Å². The van der Waals surface area contributed by atoms with Crippen molar-refractivity contribution >= 4 is 10.2 Å². The predicted octanol–water partition coefficient (Wildman–Crippen LogP) is 3.51. The number of hydrogen-bond acceptors (Lipinski definition) is 2. The van der Waals surface area contributed by atoms with E-state index in [2.05, 4.69) is 9.43 Å². The maximum atomic E-state index is 12.2. The Bertz CT molecular complexity index is 415. The Kier molecular flexibility index (Phi) is 5.07. The van der Waals surface area contributed by atoms with E-state index < -0.39 is 10.2 Å². The van der Waals surface area contributed by atoms with Crippen molar-refractivity contribution in [3.8, 4) is 0 Å². The zero-order chi connectivity index (χ0) is 13.7. The quantitative estimate of drug-likeness (QED) is 0.450. The minimum Gasteiger partial charge on any atom is -0.204 e. The molecule has 0 aromatic carbocycles. The molecule has 2 saturated carbocycles. The summed E-state index contributed by atoms with van der Waals surface area (Å²) in [5.74, 6) is 0. The monoisotopic (exact) mass is 286 g/mol. The highest BCUT2D eigenvalue weighted by molar-refractivity contribution is 7.87. The lowest BCUT2D eigenvalue weighted by molar-refractivity contribution is 0.170. The first-order valence-electron chi connectivity index (χ1n) is 7.25. The molecule has 0 spiro atoms. The van der Waals surface area contributed by atoms with E-state index in [0.29, 0.717) is 0 Å². The van der Waals surface area contributed by atoms with E-state index in [4.69, 9.17) is 5.53 Å². The highest BCUT2D eigenvalue weighted by atomic mass is 32.2. The summed E-state index contributed by atoms with van der Waals surface area (Å²) < 4.78 is 29.1. The van der Waals surface area contributed by atoms with Crippen molar-refractivity contribution in [2.24, 2.45) is 4.52 Å². The van der Waals surface area contributed by atoms with Gasteiger partial charge in [0, 0.05) is 21.5 Å². The molecular weight excluding hydrogens is 264 g/mol. The van der Waals surface area contributed by atoms with E-state index in [-0.39, 0.29) is 12.1 Å². The van der Waals surface area contributed by atoms with Crippen LogP contribution >= 0.6 is 0 Å². The minimum atomic E-state index is -3.83. The van der Waals surface area contributed by atoms with E-state index in [1.54, 1.807) is 4.31 Å². The highest BCUT2D eigenvalue weighted by Gasteiger charge is 2.36. The molecule has 0 aliphatic heterocycles. The van der Waals surface area contributed by atoms with Crippen molar-refractivity contribution in [1.82, 2.24) is 4.31 Å². The molecule has 7 heteroatoms. The van der Waals surface area contributed by atoms with Crippen LogP contribution in [0.2, 0.25) is 0 Å². The molecule has 0 aromatic heterocycles. The van der Waals surface area contributed by atoms with Crippen molar-refractivity contribution < 1.29 is 8.42 Å². The van der Waals surface area contributed by atoms with Gasteiger partial charge in [-0.3, -0.25) is 0 Å². The first kappa shape index (κ1) is 14.6. The Morgan fingerprint density at radius 1 is 0.895 bits per heavy atom. The van der Waals surface area contributed by atoms with Crippen molar-refractivity contribution in [1.29, 1.82) is 0 Å². The highest BCUT2D eigenvalue weighted by Crippen LogP contribution is 2.32. The second-order valence-corrected chi connectivity index (χ2v) is 7.04. The summed E-state index contributed by atoms with van der Waals surface area (Å²) in [5, 5.41) is 0. The average Bonchev–Trinajstić information content (AvgIpc) is 2.41. The molecule has 2 aliphatic carbocycles. The standard InChI is InChI=1S/C12H22N4O2S/c13-14-15-19(17,18)16(11-7-3-1-4-8-11)12-9-5-2-6-10-12/h11-12H,1-10H2. The van der Waals surface area contributed by atoms with Crippen molar-refractivity contribution in [2.75, 3.05) is 0 Å². The summed E-state index contributed by atoms with van der Waals surface area (Å²) in [6.45, 7) is 0. The zero-order valence-electron chi connectivity index (χ0n) is 11.2. The zero-order valence-corrected chi connectivity index (χ0v) is 12.1. The first-order valence-corrected chi connectivity index (χ1v) is 8.64. The van der Waals surface area contributed by atoms with E-state index in [9.17, 15) is 8.42 Å². The Balaban J connectivity index is 2.23. The van der Waals surface area contributed by atoms with Gasteiger partial charge >= 0.3 is 10.2 Å². The third-order valence-electron chi connectivity index (χ3n) is 4.28. The molecular formula is C12H22N4O2S. The van der Waals surface area contributed by atoms with Crippen LogP contribution in [0.1, 0.15) is 64.2 Å². The average molecular weight is 286 g/mol. The molecule has 0 heterocycles. The van der Waals surface area contributed by atoms with E-state index >= 15 is 0 Å². The molecule has 0 amide bonds. The predicted molar refractivity (Wildman–Crippen MR) is 73.7 cm³/mol. The van der Waals surface area contributed by atoms with E-state index in [1.807, 2.05) is 0 Å². The number of nitrogens with zero attached hydrogens (tertiary/aromatic N) is 4. The third-order valence-corrected chi connectivity index (χ3v) is 5.68. The van der Waals surface area contributed by atoms with Gasteiger partial charge in [0.25, 0.3) is 0 Å². The van der Waals surface area contributed by atoms with Crippen LogP contribution in [-0.4, -0.2) is 24.8 Å². The van der Waals surface area contributed by atoms with Crippen molar-refractivity contribution in [3.63, 3.8) is 0 Å². The molecule has 0 aromatic rings. The van der Waals surface area contributed by atoms with Crippen LogP contribution in [-0.2, 0) is 10.2 Å². The molecule has 6 nitrogen and oxygen atoms in total. The van der Waals surface area contributed by atoms with Crippen molar-refractivity contribution in [2.45, 2.75) is 76.3 Å². The summed E-state index contributed by atoms with van der Waals surface area (Å²) >= 11 is 0. The van der Waals surface area contributed by atoms with Gasteiger partial charge in [0.15, 0.2) is 0 Å². The molecule has 0 bridgehead atoms. The van der Waals surface area contributed by atoms with Crippen LogP contribution in [0.25, 0.3) is 10.4 Å². The van der Waals surface area contributed by atoms with E-state index in [0.717, 1.165) is 51.4 Å². The molecule has 0 N–H and O–H groups in total. The Labute approximate surface area is 115 Å². The molecule has 2 rings (SSSR count). The lowest BCUT2D eigenvalue weighted by atomic mass is 9.91. The lowest BCUT2D eigenvalue weighted by Gasteiger charge is -2.39. The van der Waals surface area contributed by atoms with Gasteiger partial charge in [-0.15, -0.1) is 0 Å². The molecule has 108 valence electrons. The second-order valence-electron chi connectivity index (χ2n) is 5.56. The van der Waals surface area contributed by atoms with Crippen LogP contribution in [0, 0.1) is 0 Å². The molecule has 0 atom stereocenters. The fraction of sp³-hybridized carbons (Fsp3) is 1.00. The van der Waals surface area contributed by atoms with Gasteiger partial charge in [-0.25, -0.2) is 8.42 Å². The molecule has 2 aliphatic rings. The fourth-order valence-electron chi connectivity index (χ4n) is 3.43. The SMILES string of the molecule is [N-]=[N+]=NS(=O)(=O)N(C1CCCCC1)C1CCCCC1. The van der Waals surface area contributed by atoms with Crippen LogP contribution in [0.4, 0.5) is 0 Å². The Hall–Kier alpha value is -0.780. The summed E-state index contributed by atoms with van der Waals surface area (Å²) in [7, 11) is -3.83. The summed E-state index contributed by atoms with van der Waals surface area (Å²) in [4.78, 5) is 2.51. The van der Waals surface area contributed by atoms with Gasteiger partial charge in [-0.05, 0) is 31.2 Å². The minimum absolute atomic E-state index is 0.0346. The van der Waals surface area contributed by atoms with Gasteiger partial charge < -0.3 is 0 Å². The Morgan fingerprint density at radius 2 is 1.32 bits per heavy atom. The van der Waals surface area contributed by atoms with Crippen molar-refractivity contribution in [3.05, 3.63) is 10.4 Å². The maximum Gasteiger partial charge on any atom is 0.303 e. The Morgan fingerprint density at radius 3 is 1.68 bits per heavy atom. The number of rotatable bonds is 4. The van der Waals surface area contributed by atoms with Crippen LogP contribution < -0.4 is 0 Å². The van der Waals surface area contributed by atoms with Crippen LogP contribution in [0.3, 0.4) is 0 Å². The summed E-state index contributed by atoms with van der Waals surface area (Å²) in [5.41, 5.74) is 8.50. The molecule has 0 radical (unpaired) electrons. The van der Waals surface area contributed by atoms with Crippen LogP contribution in [0.5, 0.6) is 0 Å². The third kappa shape index (κ3) is 3.61. The number of hydrogen-bond donors (Lipinski definition) is 0. The maximum absolute atomic E-state index is 12.2. The van der Waals surface area contributed by atoms with Gasteiger partial charge in [-0.1, -0.05) is 38.5 Å². The molecule has 19 heavy (non-hydrogen) atoms.